The zero-order valence-electron chi connectivity index (χ0n) is 13.4. The molecule has 0 unspecified atom stereocenters. The molecule has 0 saturated carbocycles. The van der Waals surface area contributed by atoms with Gasteiger partial charge >= 0.3 is 6.18 Å². The number of aromatic amines is 1. The van der Waals surface area contributed by atoms with Gasteiger partial charge in [0.25, 0.3) is 5.56 Å². The quantitative estimate of drug-likeness (QED) is 0.765. The fourth-order valence-corrected chi connectivity index (χ4v) is 2.90. The normalized spacial score (nSPS) is 12.3. The van der Waals surface area contributed by atoms with Gasteiger partial charge in [-0.2, -0.15) is 13.2 Å². The summed E-state index contributed by atoms with van der Waals surface area (Å²) in [7, 11) is 0. The summed E-state index contributed by atoms with van der Waals surface area (Å²) in [4.78, 5) is 17.1. The van der Waals surface area contributed by atoms with Crippen LogP contribution in [0.1, 0.15) is 36.7 Å². The van der Waals surface area contributed by atoms with Crippen molar-refractivity contribution in [2.45, 2.75) is 32.9 Å². The molecule has 0 saturated heterocycles. The van der Waals surface area contributed by atoms with Gasteiger partial charge in [0.1, 0.15) is 5.69 Å². The Kier molecular flexibility index (Phi) is 3.74. The van der Waals surface area contributed by atoms with Gasteiger partial charge in [-0.1, -0.05) is 44.2 Å². The van der Waals surface area contributed by atoms with Crippen LogP contribution in [0.25, 0.3) is 16.8 Å². The Balaban J connectivity index is 2.41. The van der Waals surface area contributed by atoms with Gasteiger partial charge in [-0.25, -0.2) is 9.50 Å². The van der Waals surface area contributed by atoms with E-state index in [1.165, 1.54) is 0 Å². The van der Waals surface area contributed by atoms with Crippen LogP contribution in [0.3, 0.4) is 0 Å². The minimum atomic E-state index is -4.58. The van der Waals surface area contributed by atoms with E-state index in [2.05, 4.69) is 10.1 Å². The summed E-state index contributed by atoms with van der Waals surface area (Å²) in [5.41, 5.74) is -0.120. The molecule has 24 heavy (non-hydrogen) atoms. The van der Waals surface area contributed by atoms with Crippen LogP contribution in [-0.2, 0) is 6.18 Å². The van der Waals surface area contributed by atoms with Crippen LogP contribution < -0.4 is 5.56 Å². The van der Waals surface area contributed by atoms with Crippen molar-refractivity contribution < 1.29 is 13.2 Å². The lowest BCUT2D eigenvalue weighted by atomic mass is 10.0. The lowest BCUT2D eigenvalue weighted by Crippen LogP contribution is -2.19. The number of rotatable bonds is 2. The first-order chi connectivity index (χ1) is 11.2. The zero-order valence-corrected chi connectivity index (χ0v) is 13.4. The van der Waals surface area contributed by atoms with Crippen molar-refractivity contribution in [2.24, 2.45) is 0 Å². The molecular weight excluding hydrogens is 319 g/mol. The molecule has 1 N–H and O–H groups in total. The van der Waals surface area contributed by atoms with Crippen LogP contribution in [0.2, 0.25) is 0 Å². The van der Waals surface area contributed by atoms with Crippen LogP contribution >= 0.6 is 0 Å². The molecule has 0 aliphatic rings. The van der Waals surface area contributed by atoms with E-state index in [4.69, 9.17) is 0 Å². The molecule has 0 aliphatic carbocycles. The molecule has 0 spiro atoms. The van der Waals surface area contributed by atoms with E-state index in [1.807, 2.05) is 0 Å². The van der Waals surface area contributed by atoms with Crippen molar-refractivity contribution in [2.75, 3.05) is 0 Å². The standard InChI is InChI=1S/C17H16F3N3O/c1-9(2)12-14(17(18,19)20)22-23-15(12)21-10(3)13(16(23)24)11-7-5-4-6-8-11/h4-9,22H,1-3H3. The van der Waals surface area contributed by atoms with Crippen LogP contribution in [0, 0.1) is 6.92 Å². The van der Waals surface area contributed by atoms with E-state index in [0.29, 0.717) is 16.8 Å². The summed E-state index contributed by atoms with van der Waals surface area (Å²) < 4.78 is 40.9. The molecule has 126 valence electrons. The van der Waals surface area contributed by atoms with Crippen molar-refractivity contribution in [1.82, 2.24) is 14.6 Å². The van der Waals surface area contributed by atoms with Crippen molar-refractivity contribution in [1.29, 1.82) is 0 Å². The third kappa shape index (κ3) is 2.50. The second-order valence-corrected chi connectivity index (χ2v) is 5.96. The number of hydrogen-bond donors (Lipinski definition) is 1. The fraction of sp³-hybridized carbons (Fsp3) is 0.294. The van der Waals surface area contributed by atoms with Crippen LogP contribution in [0.5, 0.6) is 0 Å². The van der Waals surface area contributed by atoms with Crippen molar-refractivity contribution in [3.8, 4) is 11.1 Å². The maximum absolute atomic E-state index is 13.3. The summed E-state index contributed by atoms with van der Waals surface area (Å²) in [6.07, 6.45) is -4.58. The van der Waals surface area contributed by atoms with Gasteiger partial charge in [-0.05, 0) is 18.4 Å². The van der Waals surface area contributed by atoms with Crippen LogP contribution in [0.15, 0.2) is 35.1 Å². The SMILES string of the molecule is Cc1nc2c(C(C)C)c(C(F)(F)F)[nH]n2c(=O)c1-c1ccccc1. The third-order valence-electron chi connectivity index (χ3n) is 3.92. The molecule has 1 aromatic carbocycles. The van der Waals surface area contributed by atoms with Gasteiger partial charge in [0, 0.05) is 5.56 Å². The number of aromatic nitrogens is 3. The molecule has 0 amide bonds. The van der Waals surface area contributed by atoms with Crippen molar-refractivity contribution in [3.63, 3.8) is 0 Å². The van der Waals surface area contributed by atoms with E-state index < -0.39 is 23.3 Å². The Morgan fingerprint density at radius 2 is 1.79 bits per heavy atom. The molecule has 0 atom stereocenters. The Morgan fingerprint density at radius 3 is 2.33 bits per heavy atom. The first-order valence-corrected chi connectivity index (χ1v) is 7.49. The Morgan fingerprint density at radius 1 is 1.17 bits per heavy atom. The molecule has 3 rings (SSSR count). The maximum atomic E-state index is 13.3. The van der Waals surface area contributed by atoms with Crippen LogP contribution in [0.4, 0.5) is 13.2 Å². The average molecular weight is 335 g/mol. The first kappa shape index (κ1) is 16.3. The molecular formula is C17H16F3N3O. The highest BCUT2D eigenvalue weighted by atomic mass is 19.4. The summed E-state index contributed by atoms with van der Waals surface area (Å²) >= 11 is 0. The molecule has 3 aromatic rings. The predicted molar refractivity (Wildman–Crippen MR) is 85.1 cm³/mol. The molecule has 0 aliphatic heterocycles. The van der Waals surface area contributed by atoms with Crippen LogP contribution in [-0.4, -0.2) is 14.6 Å². The monoisotopic (exact) mass is 335 g/mol. The number of nitrogens with zero attached hydrogens (tertiary/aromatic N) is 2. The highest BCUT2D eigenvalue weighted by Gasteiger charge is 2.38. The van der Waals surface area contributed by atoms with Gasteiger partial charge < -0.3 is 0 Å². The Hall–Kier alpha value is -2.57. The highest BCUT2D eigenvalue weighted by molar-refractivity contribution is 5.67. The van der Waals surface area contributed by atoms with Gasteiger partial charge in [-0.3, -0.25) is 9.89 Å². The smallest absolute Gasteiger partial charge is 0.285 e. The maximum Gasteiger partial charge on any atom is 0.433 e. The number of nitrogens with one attached hydrogen (secondary N) is 1. The fourth-order valence-electron chi connectivity index (χ4n) is 2.90. The lowest BCUT2D eigenvalue weighted by molar-refractivity contribution is -0.142. The number of benzene rings is 1. The van der Waals surface area contributed by atoms with Gasteiger partial charge in [0.05, 0.1) is 11.3 Å². The number of alkyl halides is 3. The minimum Gasteiger partial charge on any atom is -0.285 e. The molecule has 0 fully saturated rings. The Labute approximate surface area is 135 Å². The number of aryl methyl sites for hydroxylation is 1. The van der Waals surface area contributed by atoms with E-state index in [-0.39, 0.29) is 11.2 Å². The van der Waals surface area contributed by atoms with Gasteiger partial charge in [0.15, 0.2) is 5.65 Å². The zero-order chi connectivity index (χ0) is 17.6. The summed E-state index contributed by atoms with van der Waals surface area (Å²) in [6, 6.07) is 8.79. The highest BCUT2D eigenvalue weighted by Crippen LogP contribution is 2.36. The molecule has 7 heteroatoms. The number of halogens is 3. The summed E-state index contributed by atoms with van der Waals surface area (Å²) in [5, 5.41) is 2.21. The number of fused-ring (bicyclic) bond motifs is 1. The summed E-state index contributed by atoms with van der Waals surface area (Å²) in [5.74, 6) is -0.434. The van der Waals surface area contributed by atoms with E-state index in [9.17, 15) is 18.0 Å². The average Bonchev–Trinajstić information content (AvgIpc) is 2.88. The summed E-state index contributed by atoms with van der Waals surface area (Å²) in [6.45, 7) is 4.92. The van der Waals surface area contributed by atoms with E-state index in [1.54, 1.807) is 51.1 Å². The van der Waals surface area contributed by atoms with Gasteiger partial charge in [-0.15, -0.1) is 0 Å². The first-order valence-electron chi connectivity index (χ1n) is 7.49. The topological polar surface area (TPSA) is 50.2 Å². The molecule has 0 bridgehead atoms. The van der Waals surface area contributed by atoms with Gasteiger partial charge in [0.2, 0.25) is 0 Å². The molecule has 4 nitrogen and oxygen atoms in total. The third-order valence-corrected chi connectivity index (χ3v) is 3.92. The number of H-pyrrole nitrogens is 1. The predicted octanol–water partition coefficient (Wildman–Crippen LogP) is 4.14. The number of hydrogen-bond acceptors (Lipinski definition) is 2. The lowest BCUT2D eigenvalue weighted by Gasteiger charge is -2.09. The second-order valence-electron chi connectivity index (χ2n) is 5.96. The molecule has 2 aromatic heterocycles. The van der Waals surface area contributed by atoms with E-state index in [0.717, 1.165) is 4.52 Å². The van der Waals surface area contributed by atoms with Crippen molar-refractivity contribution >= 4 is 5.65 Å². The molecule has 2 heterocycles. The second kappa shape index (κ2) is 5.51. The Bertz CT molecular complexity index is 953. The van der Waals surface area contributed by atoms with Crippen molar-refractivity contribution in [3.05, 3.63) is 57.6 Å². The van der Waals surface area contributed by atoms with E-state index >= 15 is 0 Å². The minimum absolute atomic E-state index is 0.00214. The largest absolute Gasteiger partial charge is 0.433 e. The molecule has 0 radical (unpaired) electrons.